The second-order valence-corrected chi connectivity index (χ2v) is 4.55. The molecule has 0 amide bonds. The van der Waals surface area contributed by atoms with Crippen LogP contribution in [0, 0.1) is 0 Å². The highest BCUT2D eigenvalue weighted by atomic mass is 16.5. The molecular weight excluding hydrogens is 254 g/mol. The molecule has 0 saturated heterocycles. The molecule has 20 heavy (non-hydrogen) atoms. The van der Waals surface area contributed by atoms with Gasteiger partial charge in [0.2, 0.25) is 0 Å². The van der Waals surface area contributed by atoms with Crippen LogP contribution >= 0.6 is 0 Å². The van der Waals surface area contributed by atoms with Crippen molar-refractivity contribution < 1.29 is 9.53 Å². The molecule has 0 aliphatic heterocycles. The SMILES string of the molecule is CCCn1nnc(C=O)c1COc1ccc(CC)cc1. The molecule has 0 bridgehead atoms. The van der Waals surface area contributed by atoms with Crippen molar-refractivity contribution in [1.82, 2.24) is 15.0 Å². The fraction of sp³-hybridized carbons (Fsp3) is 0.400. The van der Waals surface area contributed by atoms with Crippen LogP contribution in [-0.4, -0.2) is 21.3 Å². The molecule has 0 aliphatic rings. The lowest BCUT2D eigenvalue weighted by molar-refractivity contribution is 0.111. The number of hydrogen-bond donors (Lipinski definition) is 0. The molecule has 106 valence electrons. The van der Waals surface area contributed by atoms with Gasteiger partial charge in [-0.15, -0.1) is 5.10 Å². The predicted octanol–water partition coefficient (Wildman–Crippen LogP) is 2.64. The summed E-state index contributed by atoms with van der Waals surface area (Å²) in [5.74, 6) is 0.781. The van der Waals surface area contributed by atoms with Crippen LogP contribution in [0.2, 0.25) is 0 Å². The monoisotopic (exact) mass is 273 g/mol. The number of aldehydes is 1. The molecule has 0 N–H and O–H groups in total. The van der Waals surface area contributed by atoms with Crippen molar-refractivity contribution in [3.63, 3.8) is 0 Å². The summed E-state index contributed by atoms with van der Waals surface area (Å²) in [5, 5.41) is 7.83. The Kier molecular flexibility index (Phi) is 4.87. The van der Waals surface area contributed by atoms with E-state index in [1.807, 2.05) is 24.3 Å². The molecule has 0 atom stereocenters. The lowest BCUT2D eigenvalue weighted by Gasteiger charge is -2.08. The smallest absolute Gasteiger partial charge is 0.172 e. The lowest BCUT2D eigenvalue weighted by atomic mass is 10.2. The molecule has 5 heteroatoms. The zero-order valence-electron chi connectivity index (χ0n) is 11.9. The largest absolute Gasteiger partial charge is 0.487 e. The number of carbonyl (C=O) groups excluding carboxylic acids is 1. The highest BCUT2D eigenvalue weighted by Crippen LogP contribution is 2.15. The second-order valence-electron chi connectivity index (χ2n) is 4.55. The number of aromatic nitrogens is 3. The summed E-state index contributed by atoms with van der Waals surface area (Å²) >= 11 is 0. The second kappa shape index (κ2) is 6.84. The maximum absolute atomic E-state index is 11.0. The van der Waals surface area contributed by atoms with E-state index in [9.17, 15) is 4.79 Å². The minimum absolute atomic E-state index is 0.298. The Balaban J connectivity index is 2.08. The number of hydrogen-bond acceptors (Lipinski definition) is 4. The van der Waals surface area contributed by atoms with Gasteiger partial charge in [-0.25, -0.2) is 4.68 Å². The Bertz CT molecular complexity index is 561. The Morgan fingerprint density at radius 1 is 1.25 bits per heavy atom. The fourth-order valence-corrected chi connectivity index (χ4v) is 1.95. The van der Waals surface area contributed by atoms with Crippen molar-refractivity contribution in [1.29, 1.82) is 0 Å². The summed E-state index contributed by atoms with van der Waals surface area (Å²) in [6.07, 6.45) is 2.65. The summed E-state index contributed by atoms with van der Waals surface area (Å²) in [6.45, 7) is 5.19. The van der Waals surface area contributed by atoms with Crippen LogP contribution in [0.25, 0.3) is 0 Å². The van der Waals surface area contributed by atoms with Crippen LogP contribution in [0.15, 0.2) is 24.3 Å². The summed E-state index contributed by atoms with van der Waals surface area (Å²) in [7, 11) is 0. The van der Waals surface area contributed by atoms with Crippen molar-refractivity contribution in [3.8, 4) is 5.75 Å². The molecule has 0 spiro atoms. The summed E-state index contributed by atoms with van der Waals surface area (Å²) < 4.78 is 7.45. The third-order valence-corrected chi connectivity index (χ3v) is 3.12. The summed E-state index contributed by atoms with van der Waals surface area (Å²) in [6, 6.07) is 7.95. The van der Waals surface area contributed by atoms with Gasteiger partial charge in [0.05, 0.1) is 0 Å². The molecular formula is C15H19N3O2. The number of rotatable bonds is 7. The van der Waals surface area contributed by atoms with E-state index in [4.69, 9.17) is 4.74 Å². The Morgan fingerprint density at radius 3 is 2.60 bits per heavy atom. The van der Waals surface area contributed by atoms with E-state index in [2.05, 4.69) is 24.2 Å². The average molecular weight is 273 g/mol. The molecule has 0 saturated carbocycles. The first kappa shape index (κ1) is 14.2. The summed E-state index contributed by atoms with van der Waals surface area (Å²) in [4.78, 5) is 11.0. The highest BCUT2D eigenvalue weighted by Gasteiger charge is 2.12. The first-order valence-corrected chi connectivity index (χ1v) is 6.87. The van der Waals surface area contributed by atoms with Crippen molar-refractivity contribution >= 4 is 6.29 Å². The van der Waals surface area contributed by atoms with Gasteiger partial charge in [-0.05, 0) is 30.5 Å². The Labute approximate surface area is 118 Å². The van der Waals surface area contributed by atoms with E-state index in [1.54, 1.807) is 4.68 Å². The number of carbonyl (C=O) groups is 1. The van der Waals surface area contributed by atoms with Gasteiger partial charge in [0.15, 0.2) is 12.0 Å². The van der Waals surface area contributed by atoms with E-state index in [-0.39, 0.29) is 0 Å². The van der Waals surface area contributed by atoms with Gasteiger partial charge in [-0.3, -0.25) is 4.79 Å². The number of ether oxygens (including phenoxy) is 1. The molecule has 1 heterocycles. The van der Waals surface area contributed by atoms with Gasteiger partial charge in [-0.1, -0.05) is 31.2 Å². The first-order chi connectivity index (χ1) is 9.78. The molecule has 5 nitrogen and oxygen atoms in total. The van der Waals surface area contributed by atoms with Gasteiger partial charge < -0.3 is 4.74 Å². The van der Waals surface area contributed by atoms with Gasteiger partial charge >= 0.3 is 0 Å². The quantitative estimate of drug-likeness (QED) is 0.728. The number of benzene rings is 1. The maximum atomic E-state index is 11.0. The molecule has 2 aromatic rings. The predicted molar refractivity (Wildman–Crippen MR) is 75.9 cm³/mol. The van der Waals surface area contributed by atoms with Crippen molar-refractivity contribution in [2.75, 3.05) is 0 Å². The van der Waals surface area contributed by atoms with E-state index in [1.165, 1.54) is 5.56 Å². The van der Waals surface area contributed by atoms with Gasteiger partial charge in [-0.2, -0.15) is 0 Å². The Hall–Kier alpha value is -2.17. The van der Waals surface area contributed by atoms with Crippen LogP contribution < -0.4 is 4.74 Å². The zero-order valence-corrected chi connectivity index (χ0v) is 11.9. The van der Waals surface area contributed by atoms with Crippen LogP contribution in [-0.2, 0) is 19.6 Å². The van der Waals surface area contributed by atoms with Gasteiger partial charge in [0.25, 0.3) is 0 Å². The molecule has 0 fully saturated rings. The minimum Gasteiger partial charge on any atom is -0.487 e. The molecule has 1 aromatic heterocycles. The summed E-state index contributed by atoms with van der Waals surface area (Å²) in [5.41, 5.74) is 2.34. The standard InChI is InChI=1S/C15H19N3O2/c1-3-9-18-15(14(10-19)16-17-18)11-20-13-7-5-12(4-2)6-8-13/h5-8,10H,3-4,9,11H2,1-2H3. The highest BCUT2D eigenvalue weighted by molar-refractivity contribution is 5.73. The Morgan fingerprint density at radius 2 is 2.00 bits per heavy atom. The zero-order chi connectivity index (χ0) is 14.4. The molecule has 0 radical (unpaired) electrons. The molecule has 0 unspecified atom stereocenters. The van der Waals surface area contributed by atoms with Crippen molar-refractivity contribution in [2.45, 2.75) is 39.8 Å². The van der Waals surface area contributed by atoms with E-state index in [0.29, 0.717) is 12.3 Å². The maximum Gasteiger partial charge on any atom is 0.172 e. The van der Waals surface area contributed by atoms with Crippen molar-refractivity contribution in [3.05, 3.63) is 41.2 Å². The van der Waals surface area contributed by atoms with Crippen LogP contribution in [0.1, 0.15) is 42.0 Å². The number of nitrogens with zero attached hydrogens (tertiary/aromatic N) is 3. The number of aryl methyl sites for hydroxylation is 2. The van der Waals surface area contributed by atoms with Crippen molar-refractivity contribution in [2.24, 2.45) is 0 Å². The van der Waals surface area contributed by atoms with Gasteiger partial charge in [0, 0.05) is 6.54 Å². The van der Waals surface area contributed by atoms with E-state index >= 15 is 0 Å². The topological polar surface area (TPSA) is 57.0 Å². The van der Waals surface area contributed by atoms with Crippen LogP contribution in [0.4, 0.5) is 0 Å². The average Bonchev–Trinajstić information content (AvgIpc) is 2.88. The van der Waals surface area contributed by atoms with E-state index < -0.39 is 0 Å². The van der Waals surface area contributed by atoms with E-state index in [0.717, 1.165) is 37.1 Å². The third kappa shape index (κ3) is 3.23. The van der Waals surface area contributed by atoms with Crippen LogP contribution in [0.5, 0.6) is 5.75 Å². The lowest BCUT2D eigenvalue weighted by Crippen LogP contribution is -2.09. The van der Waals surface area contributed by atoms with Crippen LogP contribution in [0.3, 0.4) is 0 Å². The molecule has 1 aromatic carbocycles. The first-order valence-electron chi connectivity index (χ1n) is 6.87. The minimum atomic E-state index is 0.298. The normalized spacial score (nSPS) is 10.5. The molecule has 2 rings (SSSR count). The third-order valence-electron chi connectivity index (χ3n) is 3.12. The molecule has 0 aliphatic carbocycles. The fourth-order valence-electron chi connectivity index (χ4n) is 1.95. The van der Waals surface area contributed by atoms with Gasteiger partial charge in [0.1, 0.15) is 18.1 Å².